The highest BCUT2D eigenvalue weighted by Gasteiger charge is 2.18. The SMILES string of the molecule is Brc1ccc2nc(NC[C@H]3CC[NH2+]C3)oc2c1.[Cl-]. The van der Waals surface area contributed by atoms with E-state index in [1.54, 1.807) is 0 Å². The molecule has 0 radical (unpaired) electrons. The van der Waals surface area contributed by atoms with Gasteiger partial charge >= 0.3 is 0 Å². The Morgan fingerprint density at radius 2 is 2.39 bits per heavy atom. The number of nitrogens with zero attached hydrogens (tertiary/aromatic N) is 1. The van der Waals surface area contributed by atoms with E-state index < -0.39 is 0 Å². The average molecular weight is 333 g/mol. The van der Waals surface area contributed by atoms with E-state index in [0.29, 0.717) is 6.01 Å². The molecule has 4 nitrogen and oxygen atoms in total. The van der Waals surface area contributed by atoms with Crippen LogP contribution in [0.3, 0.4) is 0 Å². The van der Waals surface area contributed by atoms with E-state index in [4.69, 9.17) is 4.42 Å². The molecule has 1 saturated heterocycles. The summed E-state index contributed by atoms with van der Waals surface area (Å²) >= 11 is 3.42. The summed E-state index contributed by atoms with van der Waals surface area (Å²) in [5.74, 6) is 0.733. The van der Waals surface area contributed by atoms with E-state index in [2.05, 4.69) is 31.5 Å². The summed E-state index contributed by atoms with van der Waals surface area (Å²) in [6.45, 7) is 3.40. The molecule has 18 heavy (non-hydrogen) atoms. The van der Waals surface area contributed by atoms with Gasteiger partial charge in [0.15, 0.2) is 5.58 Å². The minimum atomic E-state index is 0. The van der Waals surface area contributed by atoms with E-state index in [0.717, 1.165) is 28.0 Å². The first-order valence-corrected chi connectivity index (χ1v) is 6.72. The first-order valence-electron chi connectivity index (χ1n) is 5.93. The van der Waals surface area contributed by atoms with Gasteiger partial charge in [-0.1, -0.05) is 15.9 Å². The number of aromatic nitrogens is 1. The van der Waals surface area contributed by atoms with E-state index in [9.17, 15) is 0 Å². The lowest BCUT2D eigenvalue weighted by molar-refractivity contribution is -0.637. The lowest BCUT2D eigenvalue weighted by Gasteiger charge is -2.04. The van der Waals surface area contributed by atoms with Gasteiger partial charge in [0.05, 0.1) is 13.1 Å². The average Bonchev–Trinajstić information content (AvgIpc) is 2.94. The zero-order chi connectivity index (χ0) is 11.7. The van der Waals surface area contributed by atoms with Gasteiger partial charge in [0.2, 0.25) is 0 Å². The maximum Gasteiger partial charge on any atom is 0.295 e. The van der Waals surface area contributed by atoms with Crippen molar-refractivity contribution in [2.45, 2.75) is 6.42 Å². The van der Waals surface area contributed by atoms with Gasteiger partial charge in [-0.05, 0) is 18.2 Å². The second-order valence-electron chi connectivity index (χ2n) is 4.48. The Kier molecular flexibility index (Phi) is 4.48. The van der Waals surface area contributed by atoms with E-state index in [1.807, 2.05) is 18.2 Å². The summed E-state index contributed by atoms with van der Waals surface area (Å²) in [6, 6.07) is 6.50. The maximum atomic E-state index is 5.65. The summed E-state index contributed by atoms with van der Waals surface area (Å²) in [5, 5.41) is 5.64. The number of fused-ring (bicyclic) bond motifs is 1. The first-order chi connectivity index (χ1) is 8.31. The van der Waals surface area contributed by atoms with Crippen molar-refractivity contribution in [3.63, 3.8) is 0 Å². The molecule has 0 amide bonds. The number of oxazole rings is 1. The largest absolute Gasteiger partial charge is 1.00 e. The van der Waals surface area contributed by atoms with Crippen molar-refractivity contribution in [1.29, 1.82) is 0 Å². The van der Waals surface area contributed by atoms with Crippen LogP contribution < -0.4 is 23.0 Å². The van der Waals surface area contributed by atoms with Gasteiger partial charge in [0.25, 0.3) is 6.01 Å². The molecule has 0 spiro atoms. The normalized spacial score (nSPS) is 18.8. The van der Waals surface area contributed by atoms with Crippen LogP contribution in [0.25, 0.3) is 11.1 Å². The molecular formula is C12H15BrClN3O. The highest BCUT2D eigenvalue weighted by molar-refractivity contribution is 9.10. The van der Waals surface area contributed by atoms with Crippen LogP contribution in [0.2, 0.25) is 0 Å². The molecule has 0 aliphatic carbocycles. The predicted octanol–water partition coefficient (Wildman–Crippen LogP) is -1.41. The molecule has 0 unspecified atom stereocenters. The van der Waals surface area contributed by atoms with Crippen LogP contribution in [0.4, 0.5) is 6.01 Å². The molecule has 2 heterocycles. The van der Waals surface area contributed by atoms with Gasteiger partial charge < -0.3 is 27.5 Å². The zero-order valence-electron chi connectivity index (χ0n) is 9.83. The predicted molar refractivity (Wildman–Crippen MR) is 70.0 cm³/mol. The van der Waals surface area contributed by atoms with Crippen molar-refractivity contribution in [2.24, 2.45) is 5.92 Å². The Hall–Kier alpha value is -0.780. The summed E-state index contributed by atoms with van der Waals surface area (Å²) in [5.41, 5.74) is 1.72. The Bertz CT molecular complexity index is 525. The van der Waals surface area contributed by atoms with Crippen molar-refractivity contribution in [3.05, 3.63) is 22.7 Å². The quantitative estimate of drug-likeness (QED) is 0.726. The van der Waals surface area contributed by atoms with Crippen molar-refractivity contribution in [3.8, 4) is 0 Å². The number of halogens is 2. The lowest BCUT2D eigenvalue weighted by atomic mass is 10.1. The third-order valence-electron chi connectivity index (χ3n) is 3.17. The van der Waals surface area contributed by atoms with Crippen molar-refractivity contribution in [1.82, 2.24) is 4.98 Å². The Morgan fingerprint density at radius 3 is 3.17 bits per heavy atom. The fourth-order valence-electron chi connectivity index (χ4n) is 2.22. The van der Waals surface area contributed by atoms with Crippen LogP contribution >= 0.6 is 15.9 Å². The fraction of sp³-hybridized carbons (Fsp3) is 0.417. The van der Waals surface area contributed by atoms with Crippen LogP contribution in [-0.4, -0.2) is 24.6 Å². The number of quaternary nitrogens is 1. The van der Waals surface area contributed by atoms with Crippen molar-refractivity contribution in [2.75, 3.05) is 25.0 Å². The Labute approximate surface area is 120 Å². The minimum absolute atomic E-state index is 0. The zero-order valence-corrected chi connectivity index (χ0v) is 12.2. The number of anilines is 1. The van der Waals surface area contributed by atoms with Crippen LogP contribution in [0.5, 0.6) is 0 Å². The Balaban J connectivity index is 0.00000120. The molecule has 1 atom stereocenters. The summed E-state index contributed by atoms with van der Waals surface area (Å²) < 4.78 is 6.66. The molecule has 1 aliphatic rings. The van der Waals surface area contributed by atoms with Gasteiger partial charge in [0, 0.05) is 23.4 Å². The lowest BCUT2D eigenvalue weighted by Crippen LogP contribution is -3.00. The standard InChI is InChI=1S/C12H14BrN3O.ClH/c13-9-1-2-10-11(5-9)17-12(16-10)15-7-8-3-4-14-6-8;/h1-2,5,8,14H,3-4,6-7H2,(H,15,16);1H/t8-;/m0./s1. The van der Waals surface area contributed by atoms with Crippen LogP contribution in [0, 0.1) is 5.92 Å². The number of benzene rings is 1. The smallest absolute Gasteiger partial charge is 0.295 e. The topological polar surface area (TPSA) is 54.7 Å². The summed E-state index contributed by atoms with van der Waals surface area (Å²) in [4.78, 5) is 4.41. The molecule has 3 N–H and O–H groups in total. The van der Waals surface area contributed by atoms with Crippen molar-refractivity contribution < 1.29 is 22.1 Å². The highest BCUT2D eigenvalue weighted by atomic mass is 79.9. The number of hydrogen-bond acceptors (Lipinski definition) is 3. The van der Waals surface area contributed by atoms with Gasteiger partial charge in [-0.3, -0.25) is 0 Å². The van der Waals surface area contributed by atoms with Gasteiger partial charge in [0.1, 0.15) is 5.52 Å². The maximum absolute atomic E-state index is 5.65. The van der Waals surface area contributed by atoms with Gasteiger partial charge in [-0.2, -0.15) is 4.98 Å². The third-order valence-corrected chi connectivity index (χ3v) is 3.66. The third kappa shape index (κ3) is 2.96. The molecule has 1 aromatic heterocycles. The summed E-state index contributed by atoms with van der Waals surface area (Å²) in [6.07, 6.45) is 1.28. The minimum Gasteiger partial charge on any atom is -1.00 e. The molecule has 1 aromatic carbocycles. The van der Waals surface area contributed by atoms with Crippen LogP contribution in [0.15, 0.2) is 27.1 Å². The van der Waals surface area contributed by atoms with E-state index in [-0.39, 0.29) is 12.4 Å². The van der Waals surface area contributed by atoms with Crippen LogP contribution in [0.1, 0.15) is 6.42 Å². The molecule has 1 aliphatic heterocycles. The molecule has 1 fully saturated rings. The Morgan fingerprint density at radius 1 is 1.50 bits per heavy atom. The van der Waals surface area contributed by atoms with Gasteiger partial charge in [-0.25, -0.2) is 0 Å². The monoisotopic (exact) mass is 331 g/mol. The van der Waals surface area contributed by atoms with E-state index >= 15 is 0 Å². The van der Waals surface area contributed by atoms with Crippen LogP contribution in [-0.2, 0) is 0 Å². The second-order valence-corrected chi connectivity index (χ2v) is 5.40. The molecule has 0 bridgehead atoms. The van der Waals surface area contributed by atoms with Crippen molar-refractivity contribution >= 4 is 33.0 Å². The number of nitrogens with two attached hydrogens (primary N) is 1. The molecule has 3 rings (SSSR count). The van der Waals surface area contributed by atoms with Gasteiger partial charge in [-0.15, -0.1) is 0 Å². The van der Waals surface area contributed by atoms with E-state index in [1.165, 1.54) is 19.5 Å². The fourth-order valence-corrected chi connectivity index (χ4v) is 2.56. The molecular weight excluding hydrogens is 318 g/mol. The molecule has 0 saturated carbocycles. The summed E-state index contributed by atoms with van der Waals surface area (Å²) in [7, 11) is 0. The molecule has 98 valence electrons. The number of hydrogen-bond donors (Lipinski definition) is 2. The molecule has 6 heteroatoms. The second kappa shape index (κ2) is 5.91. The number of rotatable bonds is 3. The first kappa shape index (κ1) is 13.6. The number of nitrogens with one attached hydrogen (secondary N) is 1. The highest BCUT2D eigenvalue weighted by Crippen LogP contribution is 2.22. The molecule has 2 aromatic rings.